The number of carbonyl (C=O) groups is 2. The van der Waals surface area contributed by atoms with Gasteiger partial charge in [0, 0.05) is 11.8 Å². The van der Waals surface area contributed by atoms with Crippen molar-refractivity contribution in [3.8, 4) is 0 Å². The second-order valence-corrected chi connectivity index (χ2v) is 11.6. The first-order valence-corrected chi connectivity index (χ1v) is 14.3. The summed E-state index contributed by atoms with van der Waals surface area (Å²) >= 11 is 21.5. The molecule has 1 fully saturated rings. The summed E-state index contributed by atoms with van der Waals surface area (Å²) in [5.41, 5.74) is 3.62. The normalized spacial score (nSPS) is 18.9. The Hall–Kier alpha value is -2.30. The van der Waals surface area contributed by atoms with Gasteiger partial charge in [-0.15, -0.1) is 0 Å². The van der Waals surface area contributed by atoms with E-state index in [9.17, 15) is 9.59 Å². The zero-order valence-electron chi connectivity index (χ0n) is 20.9. The second-order valence-electron chi connectivity index (χ2n) is 9.40. The van der Waals surface area contributed by atoms with Gasteiger partial charge in [-0.2, -0.15) is 0 Å². The largest absolute Gasteiger partial charge is 0.459 e. The SMILES string of the molecule is Cc1ccc(C(=O)OC[C@H]2O[C@@H](n3c(Cl)c(I)c4cc(Cl)c(Cl)cc43)C[C@@H]2OC(=O)c2ccc(C)cc2)cc1. The van der Waals surface area contributed by atoms with Gasteiger partial charge in [0.15, 0.2) is 0 Å². The number of aryl methyl sites for hydroxylation is 2. The van der Waals surface area contributed by atoms with Gasteiger partial charge in [0.25, 0.3) is 0 Å². The molecular weight excluding hydrogens is 676 g/mol. The van der Waals surface area contributed by atoms with Crippen LogP contribution in [0.25, 0.3) is 10.9 Å². The average Bonchev–Trinajstić information content (AvgIpc) is 3.41. The first-order chi connectivity index (χ1) is 18.6. The third-order valence-electron chi connectivity index (χ3n) is 6.61. The molecular formula is C29H23Cl3INO5. The van der Waals surface area contributed by atoms with Crippen LogP contribution in [0.15, 0.2) is 60.7 Å². The topological polar surface area (TPSA) is 66.8 Å². The summed E-state index contributed by atoms with van der Waals surface area (Å²) in [4.78, 5) is 25.7. The Balaban J connectivity index is 1.42. The lowest BCUT2D eigenvalue weighted by Gasteiger charge is -2.19. The van der Waals surface area contributed by atoms with Crippen LogP contribution in [-0.2, 0) is 14.2 Å². The molecule has 3 aromatic carbocycles. The molecule has 1 saturated heterocycles. The van der Waals surface area contributed by atoms with Gasteiger partial charge in [0.1, 0.15) is 30.2 Å². The van der Waals surface area contributed by atoms with Crippen LogP contribution in [-0.4, -0.2) is 35.3 Å². The highest BCUT2D eigenvalue weighted by Crippen LogP contribution is 2.42. The van der Waals surface area contributed by atoms with Gasteiger partial charge < -0.3 is 18.8 Å². The van der Waals surface area contributed by atoms with E-state index in [1.165, 1.54) is 0 Å². The van der Waals surface area contributed by atoms with E-state index in [4.69, 9.17) is 49.0 Å². The quantitative estimate of drug-likeness (QED) is 0.150. The van der Waals surface area contributed by atoms with E-state index in [-0.39, 0.29) is 13.0 Å². The number of benzene rings is 3. The van der Waals surface area contributed by atoms with Crippen molar-refractivity contribution in [2.45, 2.75) is 38.7 Å². The summed E-state index contributed by atoms with van der Waals surface area (Å²) in [5, 5.41) is 2.05. The minimum absolute atomic E-state index is 0.116. The maximum absolute atomic E-state index is 13.0. The Morgan fingerprint density at radius 2 is 1.49 bits per heavy atom. The number of nitrogens with zero attached hydrogens (tertiary/aromatic N) is 1. The number of carbonyl (C=O) groups excluding carboxylic acids is 2. The molecule has 0 radical (unpaired) electrons. The van der Waals surface area contributed by atoms with Gasteiger partial charge in [0.2, 0.25) is 0 Å². The number of ether oxygens (including phenoxy) is 3. The van der Waals surface area contributed by atoms with E-state index in [1.807, 2.05) is 38.1 Å². The van der Waals surface area contributed by atoms with Gasteiger partial charge >= 0.3 is 11.9 Å². The molecule has 39 heavy (non-hydrogen) atoms. The summed E-state index contributed by atoms with van der Waals surface area (Å²) in [6, 6.07) is 17.7. The molecule has 0 aliphatic carbocycles. The van der Waals surface area contributed by atoms with Crippen molar-refractivity contribution >= 4 is 80.2 Å². The molecule has 1 aliphatic rings. The van der Waals surface area contributed by atoms with Crippen LogP contribution in [0, 0.1) is 17.4 Å². The van der Waals surface area contributed by atoms with Crippen molar-refractivity contribution in [3.05, 3.63) is 102 Å². The monoisotopic (exact) mass is 697 g/mol. The van der Waals surface area contributed by atoms with Crippen molar-refractivity contribution < 1.29 is 23.8 Å². The number of aromatic nitrogens is 1. The van der Waals surface area contributed by atoms with Crippen LogP contribution >= 0.6 is 57.4 Å². The van der Waals surface area contributed by atoms with Crippen LogP contribution in [0.4, 0.5) is 0 Å². The van der Waals surface area contributed by atoms with Crippen LogP contribution < -0.4 is 0 Å². The number of hydrogen-bond acceptors (Lipinski definition) is 5. The molecule has 1 aromatic heterocycles. The summed E-state index contributed by atoms with van der Waals surface area (Å²) in [6.45, 7) is 3.76. The van der Waals surface area contributed by atoms with Crippen LogP contribution in [0.1, 0.15) is 44.5 Å². The molecule has 0 N–H and O–H groups in total. The highest BCUT2D eigenvalue weighted by atomic mass is 127. The highest BCUT2D eigenvalue weighted by molar-refractivity contribution is 14.1. The van der Waals surface area contributed by atoms with Gasteiger partial charge in [-0.25, -0.2) is 9.59 Å². The predicted molar refractivity (Wildman–Crippen MR) is 160 cm³/mol. The first kappa shape index (κ1) is 28.2. The maximum atomic E-state index is 13.0. The standard InChI is InChI=1S/C29H23Cl3INO5/c1-15-3-7-17(8-4-15)28(35)37-14-24-23(39-29(36)18-9-5-16(2)6-10-18)13-25(38-24)34-22-12-21(31)20(30)11-19(22)26(33)27(34)32/h3-12,23-25H,13-14H2,1-2H3/t23-,24+,25+/m0/s1. The molecule has 3 atom stereocenters. The van der Waals surface area contributed by atoms with Crippen LogP contribution in [0.3, 0.4) is 0 Å². The molecule has 6 nitrogen and oxygen atoms in total. The average molecular weight is 699 g/mol. The van der Waals surface area contributed by atoms with Crippen molar-refractivity contribution in [1.29, 1.82) is 0 Å². The number of rotatable bonds is 6. The zero-order valence-corrected chi connectivity index (χ0v) is 25.3. The lowest BCUT2D eigenvalue weighted by molar-refractivity contribution is -0.0560. The van der Waals surface area contributed by atoms with E-state index >= 15 is 0 Å². The molecule has 5 rings (SSSR count). The molecule has 0 unspecified atom stereocenters. The van der Waals surface area contributed by atoms with Gasteiger partial charge in [0.05, 0.1) is 30.3 Å². The molecule has 10 heteroatoms. The molecule has 2 heterocycles. The molecule has 4 aromatic rings. The van der Waals surface area contributed by atoms with E-state index < -0.39 is 30.4 Å². The molecule has 0 spiro atoms. The van der Waals surface area contributed by atoms with Crippen molar-refractivity contribution in [2.24, 2.45) is 0 Å². The Morgan fingerprint density at radius 3 is 2.10 bits per heavy atom. The fourth-order valence-corrected chi connectivity index (χ4v) is 5.79. The fraction of sp³-hybridized carbons (Fsp3) is 0.241. The third kappa shape index (κ3) is 5.93. The summed E-state index contributed by atoms with van der Waals surface area (Å²) in [7, 11) is 0. The minimum atomic E-state index is -0.729. The number of fused-ring (bicyclic) bond motifs is 1. The number of esters is 2. The van der Waals surface area contributed by atoms with Gasteiger partial charge in [-0.05, 0) is 72.8 Å². The third-order valence-corrected chi connectivity index (χ3v) is 9.11. The minimum Gasteiger partial charge on any atom is -0.459 e. The Labute approximate surface area is 254 Å². The van der Waals surface area contributed by atoms with Crippen molar-refractivity contribution in [1.82, 2.24) is 4.57 Å². The zero-order chi connectivity index (χ0) is 27.8. The maximum Gasteiger partial charge on any atom is 0.338 e. The predicted octanol–water partition coefficient (Wildman–Crippen LogP) is 8.19. The smallest absolute Gasteiger partial charge is 0.338 e. The van der Waals surface area contributed by atoms with E-state index in [0.717, 1.165) is 25.6 Å². The van der Waals surface area contributed by atoms with Crippen LogP contribution in [0.2, 0.25) is 15.2 Å². The number of halogens is 4. The van der Waals surface area contributed by atoms with Gasteiger partial charge in [-0.3, -0.25) is 0 Å². The second kappa shape index (κ2) is 11.7. The molecule has 202 valence electrons. The Bertz CT molecular complexity index is 1550. The summed E-state index contributed by atoms with van der Waals surface area (Å²) in [6.07, 6.45) is -1.76. The number of hydrogen-bond donors (Lipinski definition) is 0. The van der Waals surface area contributed by atoms with E-state index in [0.29, 0.717) is 26.3 Å². The first-order valence-electron chi connectivity index (χ1n) is 12.1. The van der Waals surface area contributed by atoms with Crippen molar-refractivity contribution in [3.63, 3.8) is 0 Å². The lowest BCUT2D eigenvalue weighted by atomic mass is 10.1. The van der Waals surface area contributed by atoms with E-state index in [2.05, 4.69) is 22.6 Å². The molecule has 0 bridgehead atoms. The van der Waals surface area contributed by atoms with Gasteiger partial charge in [-0.1, -0.05) is 70.2 Å². The molecule has 0 amide bonds. The lowest BCUT2D eigenvalue weighted by Crippen LogP contribution is -2.32. The van der Waals surface area contributed by atoms with Crippen LogP contribution in [0.5, 0.6) is 0 Å². The Morgan fingerprint density at radius 1 is 0.923 bits per heavy atom. The van der Waals surface area contributed by atoms with E-state index in [1.54, 1.807) is 41.0 Å². The highest BCUT2D eigenvalue weighted by Gasteiger charge is 2.41. The summed E-state index contributed by atoms with van der Waals surface area (Å²) < 4.78 is 20.4. The molecule has 1 aliphatic heterocycles. The van der Waals surface area contributed by atoms with Crippen molar-refractivity contribution in [2.75, 3.05) is 6.61 Å². The Kier molecular flexibility index (Phi) is 8.45. The summed E-state index contributed by atoms with van der Waals surface area (Å²) in [5.74, 6) is -0.988. The fourth-order valence-electron chi connectivity index (χ4n) is 4.47. The molecule has 0 saturated carbocycles.